The van der Waals surface area contributed by atoms with Gasteiger partial charge in [0, 0.05) is 19.1 Å². The van der Waals surface area contributed by atoms with Crippen LogP contribution in [0.3, 0.4) is 0 Å². The number of methoxy groups -OCH3 is 1. The molecule has 7 heteroatoms. The average Bonchev–Trinajstić information content (AvgIpc) is 3.06. The molecule has 0 aliphatic rings. The fraction of sp³-hybridized carbons (Fsp3) is 0.462. The van der Waals surface area contributed by atoms with E-state index in [1.54, 1.807) is 24.3 Å². The lowest BCUT2D eigenvalue weighted by atomic mass is 10.0. The van der Waals surface area contributed by atoms with Crippen LogP contribution in [0.25, 0.3) is 0 Å². The van der Waals surface area contributed by atoms with Gasteiger partial charge in [0.1, 0.15) is 5.76 Å². The van der Waals surface area contributed by atoms with Gasteiger partial charge >= 0.3 is 0 Å². The number of aromatic nitrogens is 2. The molecule has 0 radical (unpaired) electrons. The van der Waals surface area contributed by atoms with Crippen LogP contribution < -0.4 is 11.3 Å². The van der Waals surface area contributed by atoms with Crippen molar-refractivity contribution in [3.05, 3.63) is 40.6 Å². The molecule has 0 bridgehead atoms. The summed E-state index contributed by atoms with van der Waals surface area (Å²) in [6, 6.07) is 1.63. The molecule has 0 spiro atoms. The minimum atomic E-state index is -0.268. The van der Waals surface area contributed by atoms with E-state index in [2.05, 4.69) is 10.5 Å². The molecule has 2 aromatic heterocycles. The van der Waals surface area contributed by atoms with E-state index in [9.17, 15) is 0 Å². The number of furan rings is 1. The van der Waals surface area contributed by atoms with Gasteiger partial charge in [-0.2, -0.15) is 5.10 Å². The van der Waals surface area contributed by atoms with Crippen molar-refractivity contribution in [2.45, 2.75) is 25.9 Å². The van der Waals surface area contributed by atoms with Crippen LogP contribution in [-0.4, -0.2) is 23.5 Å². The fourth-order valence-corrected chi connectivity index (χ4v) is 2.48. The summed E-state index contributed by atoms with van der Waals surface area (Å²) >= 11 is 6.26. The predicted molar refractivity (Wildman–Crippen MR) is 76.4 cm³/mol. The van der Waals surface area contributed by atoms with E-state index in [0.29, 0.717) is 18.2 Å². The van der Waals surface area contributed by atoms with Crippen molar-refractivity contribution in [2.75, 3.05) is 13.7 Å². The molecule has 0 fully saturated rings. The van der Waals surface area contributed by atoms with E-state index in [-0.39, 0.29) is 6.04 Å². The van der Waals surface area contributed by atoms with Gasteiger partial charge in [-0.05, 0) is 6.07 Å². The summed E-state index contributed by atoms with van der Waals surface area (Å²) in [5.41, 5.74) is 4.57. The maximum atomic E-state index is 6.26. The molecule has 110 valence electrons. The normalized spacial score (nSPS) is 12.8. The molecule has 1 unspecified atom stereocenters. The highest BCUT2D eigenvalue weighted by atomic mass is 35.5. The highest BCUT2D eigenvalue weighted by Crippen LogP contribution is 2.30. The van der Waals surface area contributed by atoms with Gasteiger partial charge in [0.2, 0.25) is 0 Å². The molecule has 20 heavy (non-hydrogen) atoms. The second-order valence-corrected chi connectivity index (χ2v) is 4.75. The largest absolute Gasteiger partial charge is 0.469 e. The van der Waals surface area contributed by atoms with Gasteiger partial charge in [-0.1, -0.05) is 18.5 Å². The summed E-state index contributed by atoms with van der Waals surface area (Å²) < 4.78 is 12.3. The van der Waals surface area contributed by atoms with E-state index in [1.807, 2.05) is 13.0 Å². The standard InChI is InChI=1S/C13H19ClN4O2/c1-3-11-9(4-6-20-11)12(17-15)13-10(14)8-16-18(13)5-7-19-2/h4,6,8,12,17H,3,5,7,15H2,1-2H3. The van der Waals surface area contributed by atoms with Gasteiger partial charge in [0.25, 0.3) is 0 Å². The zero-order valence-corrected chi connectivity index (χ0v) is 12.4. The molecular formula is C13H19ClN4O2. The third-order valence-corrected chi connectivity index (χ3v) is 3.48. The molecule has 2 heterocycles. The van der Waals surface area contributed by atoms with Crippen molar-refractivity contribution < 1.29 is 9.15 Å². The third kappa shape index (κ3) is 2.88. The van der Waals surface area contributed by atoms with Gasteiger partial charge in [0.15, 0.2) is 0 Å². The van der Waals surface area contributed by atoms with Gasteiger partial charge < -0.3 is 9.15 Å². The van der Waals surface area contributed by atoms with Crippen LogP contribution in [0, 0.1) is 0 Å². The van der Waals surface area contributed by atoms with E-state index in [0.717, 1.165) is 23.4 Å². The number of halogens is 1. The molecular weight excluding hydrogens is 280 g/mol. The maximum Gasteiger partial charge on any atom is 0.108 e. The molecule has 0 aliphatic heterocycles. The Balaban J connectivity index is 2.39. The van der Waals surface area contributed by atoms with Crippen LogP contribution in [0.15, 0.2) is 22.9 Å². The summed E-state index contributed by atoms with van der Waals surface area (Å²) in [6.07, 6.45) is 4.05. The Hall–Kier alpha value is -1.34. The van der Waals surface area contributed by atoms with Gasteiger partial charge in [-0.25, -0.2) is 5.43 Å². The van der Waals surface area contributed by atoms with Crippen molar-refractivity contribution in [1.29, 1.82) is 0 Å². The van der Waals surface area contributed by atoms with Gasteiger partial charge in [-0.15, -0.1) is 0 Å². The number of hydrogen-bond donors (Lipinski definition) is 2. The SMILES string of the molecule is CCc1occc1C(NN)c1c(Cl)cnn1CCOC. The molecule has 0 amide bonds. The lowest BCUT2D eigenvalue weighted by molar-refractivity contribution is 0.182. The molecule has 0 saturated heterocycles. The minimum Gasteiger partial charge on any atom is -0.469 e. The first-order valence-electron chi connectivity index (χ1n) is 6.45. The molecule has 0 saturated carbocycles. The number of aryl methyl sites for hydroxylation is 1. The number of nitrogens with zero attached hydrogens (tertiary/aromatic N) is 2. The Morgan fingerprint density at radius 3 is 3.05 bits per heavy atom. The molecule has 0 aromatic carbocycles. The molecule has 1 atom stereocenters. The highest BCUT2D eigenvalue weighted by molar-refractivity contribution is 6.31. The summed E-state index contributed by atoms with van der Waals surface area (Å²) in [4.78, 5) is 0. The number of nitrogens with one attached hydrogen (secondary N) is 1. The summed E-state index contributed by atoms with van der Waals surface area (Å²) in [5.74, 6) is 6.60. The Morgan fingerprint density at radius 1 is 1.60 bits per heavy atom. The van der Waals surface area contributed by atoms with E-state index >= 15 is 0 Å². The van der Waals surface area contributed by atoms with E-state index in [1.165, 1.54) is 0 Å². The second-order valence-electron chi connectivity index (χ2n) is 4.35. The Morgan fingerprint density at radius 2 is 2.40 bits per heavy atom. The van der Waals surface area contributed by atoms with Crippen molar-refractivity contribution in [3.8, 4) is 0 Å². The van der Waals surface area contributed by atoms with Crippen LogP contribution in [0.4, 0.5) is 0 Å². The van der Waals surface area contributed by atoms with Crippen LogP contribution in [0.1, 0.15) is 30.0 Å². The second kappa shape index (κ2) is 6.90. The predicted octanol–water partition coefficient (Wildman–Crippen LogP) is 1.89. The van der Waals surface area contributed by atoms with E-state index in [4.69, 9.17) is 26.6 Å². The van der Waals surface area contributed by atoms with Crippen molar-refractivity contribution in [3.63, 3.8) is 0 Å². The monoisotopic (exact) mass is 298 g/mol. The number of hydrazine groups is 1. The van der Waals surface area contributed by atoms with Crippen LogP contribution >= 0.6 is 11.6 Å². The Labute approximate surface area is 122 Å². The molecule has 2 aromatic rings. The van der Waals surface area contributed by atoms with E-state index < -0.39 is 0 Å². The lowest BCUT2D eigenvalue weighted by Crippen LogP contribution is -2.31. The summed E-state index contributed by atoms with van der Waals surface area (Å²) in [7, 11) is 1.65. The number of rotatable bonds is 7. The summed E-state index contributed by atoms with van der Waals surface area (Å²) in [5, 5.41) is 4.83. The fourth-order valence-electron chi connectivity index (χ4n) is 2.23. The van der Waals surface area contributed by atoms with Gasteiger partial charge in [0.05, 0.1) is 42.4 Å². The lowest BCUT2D eigenvalue weighted by Gasteiger charge is -2.18. The minimum absolute atomic E-state index is 0.268. The van der Waals surface area contributed by atoms with Gasteiger partial charge in [-0.3, -0.25) is 10.5 Å². The summed E-state index contributed by atoms with van der Waals surface area (Å²) in [6.45, 7) is 3.18. The molecule has 3 N–H and O–H groups in total. The number of hydrogen-bond acceptors (Lipinski definition) is 5. The molecule has 6 nitrogen and oxygen atoms in total. The maximum absolute atomic E-state index is 6.26. The van der Waals surface area contributed by atoms with Crippen LogP contribution in [0.2, 0.25) is 5.02 Å². The Kier molecular flexibility index (Phi) is 5.19. The number of nitrogens with two attached hydrogens (primary N) is 1. The average molecular weight is 299 g/mol. The molecule has 0 aliphatic carbocycles. The first-order valence-corrected chi connectivity index (χ1v) is 6.83. The zero-order chi connectivity index (χ0) is 14.5. The highest BCUT2D eigenvalue weighted by Gasteiger charge is 2.24. The van der Waals surface area contributed by atoms with Crippen LogP contribution in [0.5, 0.6) is 0 Å². The smallest absolute Gasteiger partial charge is 0.108 e. The first kappa shape index (κ1) is 15.1. The van der Waals surface area contributed by atoms with Crippen molar-refractivity contribution >= 4 is 11.6 Å². The first-order chi connectivity index (χ1) is 9.72. The van der Waals surface area contributed by atoms with Crippen molar-refractivity contribution in [2.24, 2.45) is 5.84 Å². The quantitative estimate of drug-likeness (QED) is 0.603. The third-order valence-electron chi connectivity index (χ3n) is 3.19. The molecule has 2 rings (SSSR count). The van der Waals surface area contributed by atoms with Crippen molar-refractivity contribution in [1.82, 2.24) is 15.2 Å². The Bertz CT molecular complexity index is 552. The van der Waals surface area contributed by atoms with Crippen LogP contribution in [-0.2, 0) is 17.7 Å². The zero-order valence-electron chi connectivity index (χ0n) is 11.6. The number of ether oxygens (including phenoxy) is 1. The topological polar surface area (TPSA) is 78.2 Å².